The summed E-state index contributed by atoms with van der Waals surface area (Å²) in [6.45, 7) is 3.78. The van der Waals surface area contributed by atoms with Crippen LogP contribution in [-0.2, 0) is 0 Å². The maximum absolute atomic E-state index is 12.2. The monoisotopic (exact) mass is 241 g/mol. The van der Waals surface area contributed by atoms with Crippen LogP contribution in [0, 0.1) is 0 Å². The van der Waals surface area contributed by atoms with Crippen molar-refractivity contribution < 1.29 is 9.59 Å². The van der Waals surface area contributed by atoms with Gasteiger partial charge < -0.3 is 5.32 Å². The van der Waals surface area contributed by atoms with Gasteiger partial charge in [0.05, 0.1) is 5.56 Å². The van der Waals surface area contributed by atoms with E-state index >= 15 is 0 Å². The third-order valence-electron chi connectivity index (χ3n) is 2.74. The molecular weight excluding hydrogens is 226 g/mol. The molecule has 0 bridgehead atoms. The first-order valence-electron chi connectivity index (χ1n) is 5.91. The van der Waals surface area contributed by atoms with E-state index in [1.165, 1.54) is 0 Å². The third kappa shape index (κ3) is 2.25. The maximum Gasteiger partial charge on any atom is 0.252 e. The number of benzene rings is 2. The molecule has 0 saturated heterocycles. The average molecular weight is 241 g/mol. The fourth-order valence-corrected chi connectivity index (χ4v) is 1.97. The Kier molecular flexibility index (Phi) is 3.42. The molecule has 0 unspecified atom stereocenters. The van der Waals surface area contributed by atoms with Crippen LogP contribution in [0.4, 0.5) is 0 Å². The van der Waals surface area contributed by atoms with E-state index in [-0.39, 0.29) is 11.9 Å². The summed E-state index contributed by atoms with van der Waals surface area (Å²) in [7, 11) is 0. The highest BCUT2D eigenvalue weighted by molar-refractivity contribution is 6.12. The zero-order chi connectivity index (χ0) is 13.1. The van der Waals surface area contributed by atoms with Crippen LogP contribution in [-0.4, -0.2) is 18.2 Å². The molecule has 3 heteroatoms. The van der Waals surface area contributed by atoms with Crippen LogP contribution in [0.5, 0.6) is 0 Å². The van der Waals surface area contributed by atoms with Crippen LogP contribution in [0.3, 0.4) is 0 Å². The Morgan fingerprint density at radius 3 is 2.56 bits per heavy atom. The van der Waals surface area contributed by atoms with E-state index < -0.39 is 0 Å². The Morgan fingerprint density at radius 1 is 1.17 bits per heavy atom. The van der Waals surface area contributed by atoms with Gasteiger partial charge in [0.25, 0.3) is 5.91 Å². The molecule has 0 aliphatic heterocycles. The lowest BCUT2D eigenvalue weighted by Crippen LogP contribution is -2.31. The second-order valence-corrected chi connectivity index (χ2v) is 4.50. The second kappa shape index (κ2) is 5.00. The van der Waals surface area contributed by atoms with Gasteiger partial charge in [-0.1, -0.05) is 36.4 Å². The number of aldehydes is 1. The predicted molar refractivity (Wildman–Crippen MR) is 71.9 cm³/mol. The smallest absolute Gasteiger partial charge is 0.252 e. The number of hydrogen-bond acceptors (Lipinski definition) is 2. The minimum atomic E-state index is -0.205. The fourth-order valence-electron chi connectivity index (χ4n) is 1.97. The van der Waals surface area contributed by atoms with Crippen LogP contribution < -0.4 is 5.32 Å². The van der Waals surface area contributed by atoms with E-state index in [4.69, 9.17) is 0 Å². The minimum absolute atomic E-state index is 0.0379. The molecule has 1 amide bonds. The van der Waals surface area contributed by atoms with Gasteiger partial charge in [0.15, 0.2) is 6.29 Å². The van der Waals surface area contributed by atoms with E-state index in [2.05, 4.69) is 5.32 Å². The van der Waals surface area contributed by atoms with Crippen molar-refractivity contribution in [2.24, 2.45) is 0 Å². The number of rotatable bonds is 3. The predicted octanol–water partition coefficient (Wildman–Crippen LogP) is 2.79. The van der Waals surface area contributed by atoms with Gasteiger partial charge in [0.2, 0.25) is 0 Å². The molecule has 0 fully saturated rings. The Bertz CT molecular complexity index is 602. The van der Waals surface area contributed by atoms with Gasteiger partial charge in [0.1, 0.15) is 0 Å². The molecule has 0 aliphatic carbocycles. The molecule has 0 atom stereocenters. The van der Waals surface area contributed by atoms with Crippen LogP contribution in [0.15, 0.2) is 36.4 Å². The molecular formula is C15H15NO2. The molecule has 2 rings (SSSR count). The van der Waals surface area contributed by atoms with Crippen molar-refractivity contribution in [2.45, 2.75) is 19.9 Å². The topological polar surface area (TPSA) is 46.2 Å². The van der Waals surface area contributed by atoms with Gasteiger partial charge >= 0.3 is 0 Å². The second-order valence-electron chi connectivity index (χ2n) is 4.50. The van der Waals surface area contributed by atoms with E-state index in [1.54, 1.807) is 6.07 Å². The first-order valence-corrected chi connectivity index (χ1v) is 5.91. The molecule has 2 aromatic carbocycles. The first kappa shape index (κ1) is 12.3. The van der Waals surface area contributed by atoms with Gasteiger partial charge in [-0.2, -0.15) is 0 Å². The highest BCUT2D eigenvalue weighted by Crippen LogP contribution is 2.21. The van der Waals surface area contributed by atoms with Gasteiger partial charge in [-0.05, 0) is 24.6 Å². The molecule has 0 aliphatic rings. The Morgan fingerprint density at radius 2 is 1.89 bits per heavy atom. The van der Waals surface area contributed by atoms with Gasteiger partial charge in [-0.15, -0.1) is 0 Å². The molecule has 2 aromatic rings. The lowest BCUT2D eigenvalue weighted by Gasteiger charge is -2.12. The zero-order valence-electron chi connectivity index (χ0n) is 10.4. The Balaban J connectivity index is 2.64. The lowest BCUT2D eigenvalue weighted by atomic mass is 9.99. The number of nitrogens with one attached hydrogen (secondary N) is 1. The van der Waals surface area contributed by atoms with Crippen molar-refractivity contribution in [3.05, 3.63) is 47.5 Å². The average Bonchev–Trinajstić information content (AvgIpc) is 2.36. The number of amides is 1. The number of fused-ring (bicyclic) bond motifs is 1. The molecule has 0 aromatic heterocycles. The van der Waals surface area contributed by atoms with Crippen molar-refractivity contribution in [1.82, 2.24) is 5.32 Å². The molecule has 3 nitrogen and oxygen atoms in total. The van der Waals surface area contributed by atoms with Gasteiger partial charge in [0, 0.05) is 11.6 Å². The summed E-state index contributed by atoms with van der Waals surface area (Å²) in [5.74, 6) is -0.205. The third-order valence-corrected chi connectivity index (χ3v) is 2.74. The molecule has 0 spiro atoms. The summed E-state index contributed by atoms with van der Waals surface area (Å²) < 4.78 is 0. The van der Waals surface area contributed by atoms with Crippen molar-refractivity contribution in [3.63, 3.8) is 0 Å². The van der Waals surface area contributed by atoms with E-state index in [0.717, 1.165) is 17.1 Å². The minimum Gasteiger partial charge on any atom is -0.350 e. The molecule has 0 saturated carbocycles. The summed E-state index contributed by atoms with van der Waals surface area (Å²) in [5, 5.41) is 4.59. The van der Waals surface area contributed by atoms with Crippen molar-refractivity contribution in [3.8, 4) is 0 Å². The van der Waals surface area contributed by atoms with Crippen LogP contribution in [0.2, 0.25) is 0 Å². The summed E-state index contributed by atoms with van der Waals surface area (Å²) in [6.07, 6.45) is 0.724. The summed E-state index contributed by atoms with van der Waals surface area (Å²) in [5.41, 5.74) is 0.878. The molecule has 18 heavy (non-hydrogen) atoms. The largest absolute Gasteiger partial charge is 0.350 e. The fraction of sp³-hybridized carbons (Fsp3) is 0.200. The molecule has 1 N–H and O–H groups in total. The Hall–Kier alpha value is -2.16. The zero-order valence-corrected chi connectivity index (χ0v) is 10.4. The van der Waals surface area contributed by atoms with Crippen molar-refractivity contribution >= 4 is 23.0 Å². The number of carbonyl (C=O) groups excluding carboxylic acids is 2. The van der Waals surface area contributed by atoms with Crippen LogP contribution >= 0.6 is 0 Å². The van der Waals surface area contributed by atoms with E-state index in [1.807, 2.05) is 44.2 Å². The maximum atomic E-state index is 12.2. The van der Waals surface area contributed by atoms with E-state index in [0.29, 0.717) is 11.1 Å². The highest BCUT2D eigenvalue weighted by Gasteiger charge is 2.15. The quantitative estimate of drug-likeness (QED) is 0.840. The van der Waals surface area contributed by atoms with Gasteiger partial charge in [-0.25, -0.2) is 0 Å². The summed E-state index contributed by atoms with van der Waals surface area (Å²) in [4.78, 5) is 23.3. The van der Waals surface area contributed by atoms with Crippen molar-refractivity contribution in [2.75, 3.05) is 0 Å². The standard InChI is InChI=1S/C15H15NO2/c1-10(2)16-15(18)14-12(9-17)8-7-11-5-3-4-6-13(11)14/h3-10H,1-2H3,(H,16,18). The normalized spacial score (nSPS) is 10.6. The highest BCUT2D eigenvalue weighted by atomic mass is 16.2. The number of carbonyl (C=O) groups is 2. The first-order chi connectivity index (χ1) is 8.63. The van der Waals surface area contributed by atoms with Gasteiger partial charge in [-0.3, -0.25) is 9.59 Å². The van der Waals surface area contributed by atoms with Crippen LogP contribution in [0.1, 0.15) is 34.6 Å². The molecule has 92 valence electrons. The van der Waals surface area contributed by atoms with Crippen molar-refractivity contribution in [1.29, 1.82) is 0 Å². The molecule has 0 radical (unpaired) electrons. The SMILES string of the molecule is CC(C)NC(=O)c1c(C=O)ccc2ccccc12. The lowest BCUT2D eigenvalue weighted by molar-refractivity contribution is 0.0939. The summed E-state index contributed by atoms with van der Waals surface area (Å²) in [6, 6.07) is 11.1. The summed E-state index contributed by atoms with van der Waals surface area (Å²) >= 11 is 0. The molecule has 0 heterocycles. The Labute approximate surface area is 106 Å². The number of hydrogen-bond donors (Lipinski definition) is 1. The van der Waals surface area contributed by atoms with Crippen LogP contribution in [0.25, 0.3) is 10.8 Å². The van der Waals surface area contributed by atoms with E-state index in [9.17, 15) is 9.59 Å².